The van der Waals surface area contributed by atoms with Gasteiger partial charge in [0.1, 0.15) is 11.5 Å². The van der Waals surface area contributed by atoms with E-state index < -0.39 is 17.8 Å². The van der Waals surface area contributed by atoms with Crippen molar-refractivity contribution in [3.63, 3.8) is 0 Å². The molecule has 0 aromatic heterocycles. The predicted octanol–water partition coefficient (Wildman–Crippen LogP) is 4.19. The molecule has 0 atom stereocenters. The molecule has 10 nitrogen and oxygen atoms in total. The van der Waals surface area contributed by atoms with Gasteiger partial charge in [0, 0.05) is 5.69 Å². The number of carbonyl (C=O) groups is 3. The van der Waals surface area contributed by atoms with Crippen molar-refractivity contribution in [2.45, 2.75) is 20.3 Å². The molecule has 10 heteroatoms. The molecule has 2 amide bonds. The summed E-state index contributed by atoms with van der Waals surface area (Å²) in [5, 5.41) is 6.28. The summed E-state index contributed by atoms with van der Waals surface area (Å²) < 4.78 is 21.6. The maximum atomic E-state index is 12.5. The van der Waals surface area contributed by atoms with Crippen LogP contribution in [0.4, 0.5) is 5.69 Å². The Morgan fingerprint density at radius 3 is 2.18 bits per heavy atom. The number of esters is 1. The second-order valence-electron chi connectivity index (χ2n) is 7.78. The van der Waals surface area contributed by atoms with E-state index in [9.17, 15) is 14.4 Å². The van der Waals surface area contributed by atoms with Crippen LogP contribution < -0.4 is 29.7 Å². The van der Waals surface area contributed by atoms with Crippen molar-refractivity contribution < 1.29 is 33.3 Å². The number of rotatable bonds is 11. The normalized spacial score (nSPS) is 10.5. The third-order valence-corrected chi connectivity index (χ3v) is 4.96. The van der Waals surface area contributed by atoms with Crippen LogP contribution >= 0.6 is 0 Å². The zero-order valence-electron chi connectivity index (χ0n) is 21.4. The lowest BCUT2D eigenvalue weighted by Crippen LogP contribution is -2.32. The fourth-order valence-corrected chi connectivity index (χ4v) is 3.12. The molecule has 2 N–H and O–H groups in total. The molecule has 0 aliphatic carbocycles. The molecule has 0 radical (unpaired) electrons. The van der Waals surface area contributed by atoms with Gasteiger partial charge in [-0.05, 0) is 85.6 Å². The Balaban J connectivity index is 1.55. The number of anilines is 1. The van der Waals surface area contributed by atoms with E-state index in [0.717, 1.165) is 6.42 Å². The summed E-state index contributed by atoms with van der Waals surface area (Å²) in [7, 11) is 1.43. The maximum Gasteiger partial charge on any atom is 0.343 e. The van der Waals surface area contributed by atoms with E-state index >= 15 is 0 Å². The van der Waals surface area contributed by atoms with Crippen LogP contribution in [-0.2, 0) is 9.59 Å². The Bertz CT molecular complexity index is 1270. The zero-order chi connectivity index (χ0) is 27.3. The van der Waals surface area contributed by atoms with Crippen LogP contribution in [0.5, 0.6) is 23.0 Å². The first-order valence-electron chi connectivity index (χ1n) is 11.9. The van der Waals surface area contributed by atoms with Crippen LogP contribution in [0.3, 0.4) is 0 Å². The summed E-state index contributed by atoms with van der Waals surface area (Å²) >= 11 is 0. The highest BCUT2D eigenvalue weighted by atomic mass is 16.6. The number of hydrogen-bond donors (Lipinski definition) is 2. The topological polar surface area (TPSA) is 125 Å². The fraction of sp³-hybridized carbons (Fsp3) is 0.214. The molecule has 198 valence electrons. The standard InChI is InChI=1S/C28H29N3O7/c1-4-16-37-23-11-7-20(8-12-23)28(34)38-24-15-6-19(17-25(24)35-3)18-29-31-27(33)26(32)30-21-9-13-22(14-10-21)36-5-2/h6-15,17-18H,4-5,16H2,1-3H3,(H,30,32)(H,31,33)/b29-18+. The van der Waals surface area contributed by atoms with E-state index in [1.165, 1.54) is 19.4 Å². The van der Waals surface area contributed by atoms with Crippen molar-refractivity contribution in [2.75, 3.05) is 25.6 Å². The monoisotopic (exact) mass is 519 g/mol. The summed E-state index contributed by atoms with van der Waals surface area (Å²) in [6, 6.07) is 18.0. The van der Waals surface area contributed by atoms with Crippen molar-refractivity contribution in [1.29, 1.82) is 0 Å². The number of nitrogens with one attached hydrogen (secondary N) is 2. The number of amides is 2. The molecule has 3 rings (SSSR count). The van der Waals surface area contributed by atoms with Crippen LogP contribution in [0.2, 0.25) is 0 Å². The van der Waals surface area contributed by atoms with Gasteiger partial charge in [0.2, 0.25) is 0 Å². The minimum Gasteiger partial charge on any atom is -0.494 e. The van der Waals surface area contributed by atoms with Gasteiger partial charge >= 0.3 is 17.8 Å². The Labute approximate surface area is 220 Å². The van der Waals surface area contributed by atoms with Gasteiger partial charge in [-0.25, -0.2) is 10.2 Å². The molecule has 3 aromatic rings. The average Bonchev–Trinajstić information content (AvgIpc) is 2.94. The van der Waals surface area contributed by atoms with Crippen molar-refractivity contribution >= 4 is 29.7 Å². The lowest BCUT2D eigenvalue weighted by Gasteiger charge is -2.10. The van der Waals surface area contributed by atoms with Crippen LogP contribution in [0.1, 0.15) is 36.2 Å². The van der Waals surface area contributed by atoms with E-state index in [1.54, 1.807) is 60.7 Å². The summed E-state index contributed by atoms with van der Waals surface area (Å²) in [6.45, 7) is 5.00. The first-order valence-corrected chi connectivity index (χ1v) is 11.9. The number of hydrogen-bond acceptors (Lipinski definition) is 8. The van der Waals surface area contributed by atoms with Gasteiger partial charge in [0.25, 0.3) is 0 Å². The van der Waals surface area contributed by atoms with E-state index in [4.69, 9.17) is 18.9 Å². The third-order valence-electron chi connectivity index (χ3n) is 4.96. The highest BCUT2D eigenvalue weighted by Crippen LogP contribution is 2.28. The van der Waals surface area contributed by atoms with Crippen LogP contribution in [0, 0.1) is 0 Å². The predicted molar refractivity (Wildman–Crippen MR) is 142 cm³/mol. The molecular formula is C28H29N3O7. The van der Waals surface area contributed by atoms with Crippen molar-refractivity contribution in [3.8, 4) is 23.0 Å². The van der Waals surface area contributed by atoms with Crippen LogP contribution in [-0.4, -0.2) is 44.3 Å². The molecule has 0 saturated heterocycles. The fourth-order valence-electron chi connectivity index (χ4n) is 3.12. The minimum atomic E-state index is -0.946. The highest BCUT2D eigenvalue weighted by Gasteiger charge is 2.14. The van der Waals surface area contributed by atoms with Gasteiger partial charge in [0.05, 0.1) is 32.1 Å². The first kappa shape index (κ1) is 27.7. The molecule has 0 saturated carbocycles. The largest absolute Gasteiger partial charge is 0.494 e. The van der Waals surface area contributed by atoms with Crippen LogP contribution in [0.15, 0.2) is 71.8 Å². The van der Waals surface area contributed by atoms with E-state index in [2.05, 4.69) is 15.8 Å². The average molecular weight is 520 g/mol. The van der Waals surface area contributed by atoms with Crippen molar-refractivity contribution in [3.05, 3.63) is 77.9 Å². The van der Waals surface area contributed by atoms with Gasteiger partial charge in [-0.1, -0.05) is 6.92 Å². The van der Waals surface area contributed by atoms with Gasteiger partial charge in [-0.3, -0.25) is 9.59 Å². The third kappa shape index (κ3) is 8.09. The number of carbonyl (C=O) groups excluding carboxylic acids is 3. The van der Waals surface area contributed by atoms with Gasteiger partial charge in [-0.15, -0.1) is 0 Å². The number of hydrazone groups is 1. The molecule has 38 heavy (non-hydrogen) atoms. The zero-order valence-corrected chi connectivity index (χ0v) is 21.4. The lowest BCUT2D eigenvalue weighted by molar-refractivity contribution is -0.136. The Hall–Kier alpha value is -4.86. The van der Waals surface area contributed by atoms with Crippen molar-refractivity contribution in [2.24, 2.45) is 5.10 Å². The Morgan fingerprint density at radius 2 is 1.53 bits per heavy atom. The SMILES string of the molecule is CCCOc1ccc(C(=O)Oc2ccc(/C=N/NC(=O)C(=O)Nc3ccc(OCC)cc3)cc2OC)cc1. The molecule has 3 aromatic carbocycles. The second-order valence-corrected chi connectivity index (χ2v) is 7.78. The lowest BCUT2D eigenvalue weighted by atomic mass is 10.2. The smallest absolute Gasteiger partial charge is 0.343 e. The molecule has 0 spiro atoms. The Kier molecular flexibility index (Phi) is 10.2. The number of ether oxygens (including phenoxy) is 4. The molecular weight excluding hydrogens is 490 g/mol. The highest BCUT2D eigenvalue weighted by molar-refractivity contribution is 6.39. The molecule has 0 unspecified atom stereocenters. The van der Waals surface area contributed by atoms with E-state index in [1.807, 2.05) is 13.8 Å². The maximum absolute atomic E-state index is 12.5. The van der Waals surface area contributed by atoms with Crippen molar-refractivity contribution in [1.82, 2.24) is 5.43 Å². The Morgan fingerprint density at radius 1 is 0.842 bits per heavy atom. The number of benzene rings is 3. The summed E-state index contributed by atoms with van der Waals surface area (Å²) in [4.78, 5) is 36.7. The van der Waals surface area contributed by atoms with Gasteiger partial charge in [0.15, 0.2) is 11.5 Å². The van der Waals surface area contributed by atoms with Crippen LogP contribution in [0.25, 0.3) is 0 Å². The number of methoxy groups -OCH3 is 1. The minimum absolute atomic E-state index is 0.208. The van der Waals surface area contributed by atoms with Gasteiger partial charge < -0.3 is 24.3 Å². The summed E-state index contributed by atoms with van der Waals surface area (Å²) in [5.41, 5.74) is 3.49. The molecule has 0 aliphatic rings. The summed E-state index contributed by atoms with van der Waals surface area (Å²) in [5.74, 6) is -0.565. The summed E-state index contributed by atoms with van der Waals surface area (Å²) in [6.07, 6.45) is 2.21. The molecule has 0 bridgehead atoms. The van der Waals surface area contributed by atoms with E-state index in [0.29, 0.717) is 41.5 Å². The first-order chi connectivity index (χ1) is 18.4. The molecule has 0 fully saturated rings. The van der Waals surface area contributed by atoms with Gasteiger partial charge in [-0.2, -0.15) is 5.10 Å². The number of nitrogens with zero attached hydrogens (tertiary/aromatic N) is 1. The molecule has 0 heterocycles. The van der Waals surface area contributed by atoms with E-state index in [-0.39, 0.29) is 11.5 Å². The second kappa shape index (κ2) is 14.0. The molecule has 0 aliphatic heterocycles. The quantitative estimate of drug-likeness (QED) is 0.128.